The highest BCUT2D eigenvalue weighted by atomic mass is 16.5. The topological polar surface area (TPSA) is 175 Å². The van der Waals surface area contributed by atoms with Crippen LogP contribution >= 0.6 is 0 Å². The van der Waals surface area contributed by atoms with Crippen molar-refractivity contribution < 1.29 is 28.7 Å². The van der Waals surface area contributed by atoms with Gasteiger partial charge >= 0.3 is 12.2 Å². The summed E-state index contributed by atoms with van der Waals surface area (Å²) in [5, 5.41) is 5.39. The molecule has 4 aromatic rings. The quantitative estimate of drug-likeness (QED) is 0.127. The Bertz CT molecular complexity index is 1950. The normalized spacial score (nSPS) is 18.0. The van der Waals surface area contributed by atoms with Crippen molar-refractivity contribution in [1.29, 1.82) is 0 Å². The Morgan fingerprint density at radius 1 is 0.691 bits per heavy atom. The number of benzene rings is 2. The van der Waals surface area contributed by atoms with Gasteiger partial charge < -0.3 is 39.9 Å². The van der Waals surface area contributed by atoms with Gasteiger partial charge in [-0.15, -0.1) is 0 Å². The summed E-state index contributed by atoms with van der Waals surface area (Å²) in [6.45, 7) is 9.23. The Morgan fingerprint density at radius 3 is 1.58 bits per heavy atom. The van der Waals surface area contributed by atoms with Crippen molar-refractivity contribution in [1.82, 2.24) is 40.4 Å². The molecule has 0 saturated carbocycles. The van der Waals surface area contributed by atoms with Gasteiger partial charge in [-0.2, -0.15) is 0 Å². The Hall–Kier alpha value is -5.66. The van der Waals surface area contributed by atoms with E-state index in [-0.39, 0.29) is 48.2 Å². The first-order valence-electron chi connectivity index (χ1n) is 19.1. The molecule has 2 aliphatic rings. The van der Waals surface area contributed by atoms with Crippen LogP contribution in [0.3, 0.4) is 0 Å². The van der Waals surface area contributed by atoms with Crippen molar-refractivity contribution in [2.24, 2.45) is 17.8 Å². The van der Waals surface area contributed by atoms with E-state index in [1.165, 1.54) is 14.2 Å². The van der Waals surface area contributed by atoms with Crippen LogP contribution in [0.15, 0.2) is 60.9 Å². The monoisotopic (exact) mass is 752 g/mol. The number of amides is 4. The minimum atomic E-state index is -0.686. The van der Waals surface area contributed by atoms with Crippen LogP contribution in [-0.4, -0.2) is 93.6 Å². The van der Waals surface area contributed by atoms with Crippen molar-refractivity contribution in [3.63, 3.8) is 0 Å². The molecule has 14 nitrogen and oxygen atoms in total. The fraction of sp³-hybridized carbons (Fsp3) is 0.463. The fourth-order valence-corrected chi connectivity index (χ4v) is 7.58. The van der Waals surface area contributed by atoms with E-state index in [4.69, 9.17) is 14.5 Å². The van der Waals surface area contributed by atoms with Crippen LogP contribution in [-0.2, 0) is 19.1 Å². The number of aromatic amines is 2. The number of carbonyl (C=O) groups is 4. The second-order valence-electron chi connectivity index (χ2n) is 15.0. The second-order valence-corrected chi connectivity index (χ2v) is 15.0. The zero-order valence-corrected chi connectivity index (χ0v) is 32.4. The SMILES string of the molecule is COC(=O)NCC(C(=O)N1CCCC1c1ncc(-c2ccc(-c3ccc(-c4cnc(C5CCCN5C(=O)C(NC(=O)OC)C(C)C)[nH]4)cc3)cc2)[nH]1)C(C)C. The summed E-state index contributed by atoms with van der Waals surface area (Å²) in [6.07, 6.45) is 5.78. The molecule has 2 aromatic carbocycles. The van der Waals surface area contributed by atoms with Gasteiger partial charge in [0.1, 0.15) is 17.7 Å². The molecular weight excluding hydrogens is 701 g/mol. The number of aromatic nitrogens is 4. The lowest BCUT2D eigenvalue weighted by Gasteiger charge is -2.30. The molecule has 0 bridgehead atoms. The molecular formula is C41H52N8O6. The average Bonchev–Trinajstić information content (AvgIpc) is 4.03. The van der Waals surface area contributed by atoms with Gasteiger partial charge in [0.05, 0.1) is 56.0 Å². The van der Waals surface area contributed by atoms with Crippen LogP contribution in [0, 0.1) is 17.8 Å². The van der Waals surface area contributed by atoms with Gasteiger partial charge in [-0.1, -0.05) is 76.2 Å². The summed E-state index contributed by atoms with van der Waals surface area (Å²) >= 11 is 0. The predicted molar refractivity (Wildman–Crippen MR) is 207 cm³/mol. The first kappa shape index (κ1) is 39.0. The number of carbonyl (C=O) groups excluding carboxylic acids is 4. The fourth-order valence-electron chi connectivity index (χ4n) is 7.58. The van der Waals surface area contributed by atoms with Gasteiger partial charge in [-0.05, 0) is 59.8 Å². The molecule has 6 rings (SSSR count). The lowest BCUT2D eigenvalue weighted by Crippen LogP contribution is -2.51. The molecule has 2 saturated heterocycles. The Balaban J connectivity index is 1.10. The number of imidazole rings is 2. The standard InChI is InChI=1S/C41H52N8O6/c1-24(2)30(21-44-40(52)54-5)38(50)48-19-7-9-33(48)36-42-22-31(45-36)28-15-11-26(12-16-28)27-13-17-29(18-14-27)32-23-43-37(46-32)34-10-8-20-49(34)39(51)35(25(3)4)47-41(53)55-6/h11-18,22-25,30,33-35H,7-10,19-21H2,1-6H3,(H,42,45)(H,43,46)(H,44,52)(H,47,53). The number of nitrogens with one attached hydrogen (secondary N) is 4. The third kappa shape index (κ3) is 8.68. The Morgan fingerprint density at radius 2 is 1.15 bits per heavy atom. The van der Waals surface area contributed by atoms with E-state index in [9.17, 15) is 19.2 Å². The van der Waals surface area contributed by atoms with E-state index >= 15 is 0 Å². The van der Waals surface area contributed by atoms with Gasteiger partial charge in [-0.25, -0.2) is 19.6 Å². The number of likely N-dealkylation sites (tertiary alicyclic amines) is 2. The summed E-state index contributed by atoms with van der Waals surface area (Å²) in [7, 11) is 2.60. The molecule has 0 spiro atoms. The number of methoxy groups -OCH3 is 2. The van der Waals surface area contributed by atoms with Crippen molar-refractivity contribution in [2.45, 2.75) is 71.5 Å². The van der Waals surface area contributed by atoms with Crippen molar-refractivity contribution in [3.8, 4) is 33.6 Å². The molecule has 0 radical (unpaired) electrons. The Kier molecular flexibility index (Phi) is 12.2. The molecule has 2 aromatic heterocycles. The maximum absolute atomic E-state index is 13.6. The average molecular weight is 753 g/mol. The highest BCUT2D eigenvalue weighted by molar-refractivity contribution is 5.86. The second kappa shape index (κ2) is 17.2. The highest BCUT2D eigenvalue weighted by Crippen LogP contribution is 2.35. The largest absolute Gasteiger partial charge is 0.453 e. The van der Waals surface area contributed by atoms with E-state index in [2.05, 4.69) is 74.1 Å². The predicted octanol–water partition coefficient (Wildman–Crippen LogP) is 6.47. The number of nitrogens with zero attached hydrogens (tertiary/aromatic N) is 4. The molecule has 14 heteroatoms. The molecule has 292 valence electrons. The first-order valence-corrected chi connectivity index (χ1v) is 19.1. The molecule has 2 aliphatic heterocycles. The first-order chi connectivity index (χ1) is 26.5. The van der Waals surface area contributed by atoms with Crippen LogP contribution < -0.4 is 10.6 Å². The van der Waals surface area contributed by atoms with Crippen LogP contribution in [0.4, 0.5) is 9.59 Å². The minimum absolute atomic E-state index is 0.00813. The molecule has 4 amide bonds. The number of H-pyrrole nitrogens is 2. The number of ether oxygens (including phenoxy) is 2. The highest BCUT2D eigenvalue weighted by Gasteiger charge is 2.38. The van der Waals surface area contributed by atoms with Crippen LogP contribution in [0.5, 0.6) is 0 Å². The number of rotatable bonds is 12. The van der Waals surface area contributed by atoms with Crippen LogP contribution in [0.2, 0.25) is 0 Å². The summed E-state index contributed by atoms with van der Waals surface area (Å²) in [5.41, 5.74) is 5.83. The molecule has 0 aliphatic carbocycles. The van der Waals surface area contributed by atoms with E-state index in [1.807, 2.05) is 43.7 Å². The van der Waals surface area contributed by atoms with Gasteiger partial charge in [0, 0.05) is 19.6 Å². The third-order valence-corrected chi connectivity index (χ3v) is 10.8. The lowest BCUT2D eigenvalue weighted by atomic mass is 9.94. The summed E-state index contributed by atoms with van der Waals surface area (Å²) in [5.74, 6) is 0.924. The molecule has 55 heavy (non-hydrogen) atoms. The van der Waals surface area contributed by atoms with Crippen molar-refractivity contribution >= 4 is 24.0 Å². The summed E-state index contributed by atoms with van der Waals surface area (Å²) < 4.78 is 9.46. The molecule has 2 fully saturated rings. The van der Waals surface area contributed by atoms with Crippen molar-refractivity contribution in [2.75, 3.05) is 33.9 Å². The summed E-state index contributed by atoms with van der Waals surface area (Å²) in [6, 6.07) is 15.5. The zero-order valence-electron chi connectivity index (χ0n) is 32.4. The molecule has 4 unspecified atom stereocenters. The van der Waals surface area contributed by atoms with E-state index < -0.39 is 18.2 Å². The molecule has 4 heterocycles. The maximum atomic E-state index is 13.6. The van der Waals surface area contributed by atoms with E-state index in [0.29, 0.717) is 13.1 Å². The van der Waals surface area contributed by atoms with E-state index in [1.54, 1.807) is 6.20 Å². The van der Waals surface area contributed by atoms with Gasteiger partial charge in [0.15, 0.2) is 0 Å². The molecule has 4 N–H and O–H groups in total. The summed E-state index contributed by atoms with van der Waals surface area (Å²) in [4.78, 5) is 70.8. The van der Waals surface area contributed by atoms with Crippen LogP contribution in [0.25, 0.3) is 33.6 Å². The van der Waals surface area contributed by atoms with Gasteiger partial charge in [0.25, 0.3) is 0 Å². The smallest absolute Gasteiger partial charge is 0.407 e. The number of hydrogen-bond acceptors (Lipinski definition) is 8. The van der Waals surface area contributed by atoms with Gasteiger partial charge in [0.2, 0.25) is 11.8 Å². The zero-order chi connectivity index (χ0) is 39.2. The van der Waals surface area contributed by atoms with Crippen molar-refractivity contribution in [3.05, 3.63) is 72.6 Å². The van der Waals surface area contributed by atoms with E-state index in [0.717, 1.165) is 71.0 Å². The Labute approximate surface area is 321 Å². The molecule has 4 atom stereocenters. The van der Waals surface area contributed by atoms with Crippen LogP contribution in [0.1, 0.15) is 77.1 Å². The third-order valence-electron chi connectivity index (χ3n) is 10.8. The number of alkyl carbamates (subject to hydrolysis) is 2. The maximum Gasteiger partial charge on any atom is 0.407 e. The lowest BCUT2D eigenvalue weighted by molar-refractivity contribution is -0.138. The minimum Gasteiger partial charge on any atom is -0.453 e. The van der Waals surface area contributed by atoms with Gasteiger partial charge in [-0.3, -0.25) is 9.59 Å². The number of hydrogen-bond donors (Lipinski definition) is 4.